The zero-order valence-corrected chi connectivity index (χ0v) is 16.7. The second kappa shape index (κ2) is 8.78. The Hall–Kier alpha value is -3.02. The van der Waals surface area contributed by atoms with E-state index >= 15 is 0 Å². The van der Waals surface area contributed by atoms with Crippen LogP contribution in [0.15, 0.2) is 48.5 Å². The minimum Gasteiger partial charge on any atom is -0.368 e. The molecule has 6 nitrogen and oxygen atoms in total. The molecular weight excluding hydrogens is 352 g/mol. The van der Waals surface area contributed by atoms with Crippen LogP contribution in [-0.2, 0) is 4.79 Å². The van der Waals surface area contributed by atoms with Crippen LogP contribution in [-0.4, -0.2) is 43.0 Å². The van der Waals surface area contributed by atoms with Gasteiger partial charge in [0.15, 0.2) is 0 Å². The first-order valence-electron chi connectivity index (χ1n) is 9.71. The molecule has 0 aromatic heterocycles. The second-order valence-corrected chi connectivity index (χ2v) is 7.46. The molecule has 0 radical (unpaired) electrons. The fraction of sp³-hybridized carbons (Fsp3) is 0.364. The van der Waals surface area contributed by atoms with Gasteiger partial charge < -0.3 is 20.4 Å². The number of hydrogen-bond donors (Lipinski definition) is 2. The summed E-state index contributed by atoms with van der Waals surface area (Å²) >= 11 is 0. The van der Waals surface area contributed by atoms with Crippen LogP contribution >= 0.6 is 0 Å². The van der Waals surface area contributed by atoms with Crippen LogP contribution in [0.4, 0.5) is 21.9 Å². The van der Waals surface area contributed by atoms with Gasteiger partial charge in [0, 0.05) is 49.2 Å². The normalized spacial score (nSPS) is 14.1. The van der Waals surface area contributed by atoms with E-state index < -0.39 is 0 Å². The number of nitrogens with zero attached hydrogens (tertiary/aromatic N) is 2. The van der Waals surface area contributed by atoms with Crippen LogP contribution in [0.2, 0.25) is 0 Å². The lowest BCUT2D eigenvalue weighted by Gasteiger charge is -2.36. The Morgan fingerprint density at radius 1 is 0.893 bits per heavy atom. The highest BCUT2D eigenvalue weighted by molar-refractivity contribution is 5.93. The standard InChI is InChI=1S/C22H28N4O2/c1-16(2)21(27)23-18-7-9-19(10-8-18)24-22(28)26-13-11-25(12-14-26)20-6-4-5-17(3)15-20/h4-10,15-16H,11-14H2,1-3H3,(H,23,27)(H,24,28). The molecule has 6 heteroatoms. The monoisotopic (exact) mass is 380 g/mol. The van der Waals surface area contributed by atoms with Crippen LogP contribution < -0.4 is 15.5 Å². The minimum absolute atomic E-state index is 0.0248. The van der Waals surface area contributed by atoms with E-state index in [1.54, 1.807) is 24.3 Å². The molecule has 1 saturated heterocycles. The average Bonchev–Trinajstić information content (AvgIpc) is 2.69. The van der Waals surface area contributed by atoms with E-state index in [0.29, 0.717) is 18.8 Å². The first kappa shape index (κ1) is 19.7. The van der Waals surface area contributed by atoms with Crippen molar-refractivity contribution in [3.8, 4) is 0 Å². The summed E-state index contributed by atoms with van der Waals surface area (Å²) in [4.78, 5) is 28.4. The van der Waals surface area contributed by atoms with Crippen LogP contribution in [0, 0.1) is 12.8 Å². The van der Waals surface area contributed by atoms with Crippen molar-refractivity contribution in [2.75, 3.05) is 41.7 Å². The molecule has 0 atom stereocenters. The lowest BCUT2D eigenvalue weighted by atomic mass is 10.2. The molecule has 1 fully saturated rings. The van der Waals surface area contributed by atoms with Crippen LogP contribution in [0.5, 0.6) is 0 Å². The quantitative estimate of drug-likeness (QED) is 0.844. The lowest BCUT2D eigenvalue weighted by Crippen LogP contribution is -2.50. The number of nitrogens with one attached hydrogen (secondary N) is 2. The molecule has 3 amide bonds. The molecule has 0 spiro atoms. The van der Waals surface area contributed by atoms with Gasteiger partial charge in [-0.15, -0.1) is 0 Å². The summed E-state index contributed by atoms with van der Waals surface area (Å²) in [5.74, 6) is -0.0962. The van der Waals surface area contributed by atoms with E-state index in [4.69, 9.17) is 0 Å². The van der Waals surface area contributed by atoms with Crippen LogP contribution in [0.3, 0.4) is 0 Å². The summed E-state index contributed by atoms with van der Waals surface area (Å²) < 4.78 is 0. The second-order valence-electron chi connectivity index (χ2n) is 7.46. The molecule has 1 aliphatic heterocycles. The summed E-state index contributed by atoms with van der Waals surface area (Å²) in [7, 11) is 0. The Bertz CT molecular complexity index is 825. The van der Waals surface area contributed by atoms with E-state index in [2.05, 4.69) is 46.7 Å². The van der Waals surface area contributed by atoms with Gasteiger partial charge in [-0.25, -0.2) is 4.79 Å². The highest BCUT2D eigenvalue weighted by atomic mass is 16.2. The molecule has 1 aliphatic rings. The van der Waals surface area contributed by atoms with E-state index in [0.717, 1.165) is 18.8 Å². The summed E-state index contributed by atoms with van der Waals surface area (Å²) in [6.45, 7) is 8.79. The van der Waals surface area contributed by atoms with Gasteiger partial charge in [-0.3, -0.25) is 4.79 Å². The van der Waals surface area contributed by atoms with Crippen molar-refractivity contribution in [3.63, 3.8) is 0 Å². The molecule has 3 rings (SSSR count). The maximum absolute atomic E-state index is 12.5. The van der Waals surface area contributed by atoms with E-state index in [-0.39, 0.29) is 17.9 Å². The maximum Gasteiger partial charge on any atom is 0.321 e. The van der Waals surface area contributed by atoms with Crippen molar-refractivity contribution in [2.24, 2.45) is 5.92 Å². The number of piperazine rings is 1. The number of anilines is 3. The SMILES string of the molecule is Cc1cccc(N2CCN(C(=O)Nc3ccc(NC(=O)C(C)C)cc3)CC2)c1. The number of urea groups is 1. The first-order valence-corrected chi connectivity index (χ1v) is 9.71. The first-order chi connectivity index (χ1) is 13.4. The highest BCUT2D eigenvalue weighted by Gasteiger charge is 2.21. The van der Waals surface area contributed by atoms with Gasteiger partial charge in [0.25, 0.3) is 0 Å². The van der Waals surface area contributed by atoms with Gasteiger partial charge in [-0.05, 0) is 48.9 Å². The van der Waals surface area contributed by atoms with E-state index in [1.807, 2.05) is 18.7 Å². The third-order valence-corrected chi connectivity index (χ3v) is 4.86. The third-order valence-electron chi connectivity index (χ3n) is 4.86. The van der Waals surface area contributed by atoms with Gasteiger partial charge in [0.05, 0.1) is 0 Å². The molecule has 2 N–H and O–H groups in total. The van der Waals surface area contributed by atoms with Crippen LogP contribution in [0.1, 0.15) is 19.4 Å². The minimum atomic E-state index is -0.0946. The molecule has 0 aliphatic carbocycles. The summed E-state index contributed by atoms with van der Waals surface area (Å²) in [6.07, 6.45) is 0. The largest absolute Gasteiger partial charge is 0.368 e. The van der Waals surface area contributed by atoms with Gasteiger partial charge in [0.1, 0.15) is 0 Å². The van der Waals surface area contributed by atoms with Gasteiger partial charge >= 0.3 is 6.03 Å². The van der Waals surface area contributed by atoms with Gasteiger partial charge in [0.2, 0.25) is 5.91 Å². The van der Waals surface area contributed by atoms with Crippen molar-refractivity contribution in [2.45, 2.75) is 20.8 Å². The Morgan fingerprint density at radius 3 is 2.07 bits per heavy atom. The molecular formula is C22H28N4O2. The number of carbonyl (C=O) groups excluding carboxylic acids is 2. The number of rotatable bonds is 4. The maximum atomic E-state index is 12.5. The van der Waals surface area contributed by atoms with Crippen molar-refractivity contribution in [3.05, 3.63) is 54.1 Å². The van der Waals surface area contributed by atoms with Crippen molar-refractivity contribution in [1.29, 1.82) is 0 Å². The zero-order valence-electron chi connectivity index (χ0n) is 16.7. The molecule has 0 bridgehead atoms. The number of carbonyl (C=O) groups is 2. The molecule has 2 aromatic rings. The van der Waals surface area contributed by atoms with Gasteiger partial charge in [-0.2, -0.15) is 0 Å². The highest BCUT2D eigenvalue weighted by Crippen LogP contribution is 2.19. The number of amides is 3. The summed E-state index contributed by atoms with van der Waals surface area (Å²) in [5.41, 5.74) is 3.89. The third kappa shape index (κ3) is 5.03. The van der Waals surface area contributed by atoms with Gasteiger partial charge in [-0.1, -0.05) is 26.0 Å². The predicted octanol–water partition coefficient (Wildman–Crippen LogP) is 3.94. The lowest BCUT2D eigenvalue weighted by molar-refractivity contribution is -0.118. The van der Waals surface area contributed by atoms with E-state index in [1.165, 1.54) is 11.3 Å². The molecule has 0 unspecified atom stereocenters. The molecule has 1 heterocycles. The Labute approximate surface area is 166 Å². The fourth-order valence-electron chi connectivity index (χ4n) is 3.12. The Kier molecular flexibility index (Phi) is 6.19. The molecule has 148 valence electrons. The molecule has 0 saturated carbocycles. The summed E-state index contributed by atoms with van der Waals surface area (Å²) in [6, 6.07) is 15.6. The van der Waals surface area contributed by atoms with Crippen molar-refractivity contribution < 1.29 is 9.59 Å². The van der Waals surface area contributed by atoms with Crippen molar-refractivity contribution in [1.82, 2.24) is 4.90 Å². The van der Waals surface area contributed by atoms with Crippen LogP contribution in [0.25, 0.3) is 0 Å². The average molecular weight is 380 g/mol. The number of aryl methyl sites for hydroxylation is 1. The smallest absolute Gasteiger partial charge is 0.321 e. The predicted molar refractivity (Wildman–Crippen MR) is 114 cm³/mol. The number of benzene rings is 2. The zero-order chi connectivity index (χ0) is 20.1. The summed E-state index contributed by atoms with van der Waals surface area (Å²) in [5, 5.41) is 5.78. The fourth-order valence-corrected chi connectivity index (χ4v) is 3.12. The molecule has 28 heavy (non-hydrogen) atoms. The molecule has 2 aromatic carbocycles. The van der Waals surface area contributed by atoms with Crippen molar-refractivity contribution >= 4 is 29.0 Å². The topological polar surface area (TPSA) is 64.7 Å². The Morgan fingerprint density at radius 2 is 1.50 bits per heavy atom. The van der Waals surface area contributed by atoms with E-state index in [9.17, 15) is 9.59 Å². The number of hydrogen-bond acceptors (Lipinski definition) is 3. The Balaban J connectivity index is 1.51.